The van der Waals surface area contributed by atoms with Crippen LogP contribution in [0.25, 0.3) is 6.08 Å². The first-order valence-corrected chi connectivity index (χ1v) is 6.40. The predicted octanol–water partition coefficient (Wildman–Crippen LogP) is 3.25. The molecule has 102 valence electrons. The first-order chi connectivity index (χ1) is 9.00. The SMILES string of the molecule is CCOC(=O)[C@@](C)(C/C=C/c1ccccc1)C(C)=O. The minimum atomic E-state index is -1.10. The number of hydrogen-bond donors (Lipinski definition) is 0. The highest BCUT2D eigenvalue weighted by Gasteiger charge is 2.38. The zero-order valence-electron chi connectivity index (χ0n) is 11.7. The van der Waals surface area contributed by atoms with Gasteiger partial charge in [-0.3, -0.25) is 9.59 Å². The van der Waals surface area contributed by atoms with Gasteiger partial charge in [-0.2, -0.15) is 0 Å². The lowest BCUT2D eigenvalue weighted by molar-refractivity contribution is -0.158. The molecule has 0 aliphatic rings. The van der Waals surface area contributed by atoms with Crippen molar-refractivity contribution in [2.24, 2.45) is 5.41 Å². The highest BCUT2D eigenvalue weighted by Crippen LogP contribution is 2.26. The molecule has 0 aromatic heterocycles. The van der Waals surface area contributed by atoms with Crippen molar-refractivity contribution in [3.63, 3.8) is 0 Å². The molecule has 3 nitrogen and oxygen atoms in total. The van der Waals surface area contributed by atoms with Crippen molar-refractivity contribution in [2.45, 2.75) is 27.2 Å². The summed E-state index contributed by atoms with van der Waals surface area (Å²) in [5.41, 5.74) is -0.0568. The Hall–Kier alpha value is -1.90. The normalized spacial score (nSPS) is 14.1. The van der Waals surface area contributed by atoms with Gasteiger partial charge in [-0.25, -0.2) is 0 Å². The van der Waals surface area contributed by atoms with Gasteiger partial charge in [0, 0.05) is 0 Å². The van der Waals surface area contributed by atoms with E-state index in [-0.39, 0.29) is 12.4 Å². The number of ether oxygens (including phenoxy) is 1. The van der Waals surface area contributed by atoms with Gasteiger partial charge in [0.2, 0.25) is 0 Å². The first-order valence-electron chi connectivity index (χ1n) is 6.40. The second-order valence-corrected chi connectivity index (χ2v) is 4.63. The lowest BCUT2D eigenvalue weighted by Crippen LogP contribution is -2.36. The minimum Gasteiger partial charge on any atom is -0.465 e. The first kappa shape index (κ1) is 15.2. The van der Waals surface area contributed by atoms with E-state index in [4.69, 9.17) is 4.74 Å². The molecule has 0 spiro atoms. The molecule has 1 aromatic rings. The van der Waals surface area contributed by atoms with E-state index in [1.165, 1.54) is 6.92 Å². The monoisotopic (exact) mass is 260 g/mol. The molecular weight excluding hydrogens is 240 g/mol. The molecule has 0 aliphatic heterocycles. The maximum absolute atomic E-state index is 11.9. The molecule has 0 unspecified atom stereocenters. The number of ketones is 1. The maximum atomic E-state index is 11.9. The van der Waals surface area contributed by atoms with E-state index >= 15 is 0 Å². The molecule has 3 heteroatoms. The summed E-state index contributed by atoms with van der Waals surface area (Å²) >= 11 is 0. The molecule has 0 bridgehead atoms. The van der Waals surface area contributed by atoms with Gasteiger partial charge < -0.3 is 4.74 Å². The highest BCUT2D eigenvalue weighted by atomic mass is 16.5. The molecule has 0 aliphatic carbocycles. The molecule has 0 radical (unpaired) electrons. The van der Waals surface area contributed by atoms with Gasteiger partial charge in [0.05, 0.1) is 6.61 Å². The van der Waals surface area contributed by atoms with Crippen LogP contribution in [0.15, 0.2) is 36.4 Å². The van der Waals surface area contributed by atoms with Crippen LogP contribution >= 0.6 is 0 Å². The van der Waals surface area contributed by atoms with Crippen molar-refractivity contribution in [3.8, 4) is 0 Å². The van der Waals surface area contributed by atoms with Crippen LogP contribution in [-0.2, 0) is 14.3 Å². The van der Waals surface area contributed by atoms with Crippen molar-refractivity contribution in [1.29, 1.82) is 0 Å². The topological polar surface area (TPSA) is 43.4 Å². The number of rotatable bonds is 6. The fourth-order valence-corrected chi connectivity index (χ4v) is 1.66. The Balaban J connectivity index is 2.77. The Morgan fingerprint density at radius 3 is 2.42 bits per heavy atom. The summed E-state index contributed by atoms with van der Waals surface area (Å²) in [6.07, 6.45) is 4.09. The van der Waals surface area contributed by atoms with Crippen LogP contribution in [0.4, 0.5) is 0 Å². The Morgan fingerprint density at radius 2 is 1.89 bits per heavy atom. The molecule has 1 rings (SSSR count). The van der Waals surface area contributed by atoms with Gasteiger partial charge in [0.25, 0.3) is 0 Å². The molecule has 0 saturated heterocycles. The standard InChI is InChI=1S/C16H20O3/c1-4-19-15(18)16(3,13(2)17)12-8-11-14-9-6-5-7-10-14/h5-11H,4,12H2,1-3H3/b11-8+/t16-/m0/s1. The Labute approximate surface area is 114 Å². The van der Waals surface area contributed by atoms with Crippen LogP contribution in [0.3, 0.4) is 0 Å². The van der Waals surface area contributed by atoms with Crippen molar-refractivity contribution in [3.05, 3.63) is 42.0 Å². The molecule has 0 saturated carbocycles. The van der Waals surface area contributed by atoms with E-state index < -0.39 is 11.4 Å². The van der Waals surface area contributed by atoms with E-state index in [1.54, 1.807) is 13.8 Å². The van der Waals surface area contributed by atoms with Gasteiger partial charge in [0.1, 0.15) is 11.2 Å². The quantitative estimate of drug-likeness (QED) is 0.582. The summed E-state index contributed by atoms with van der Waals surface area (Å²) in [7, 11) is 0. The summed E-state index contributed by atoms with van der Waals surface area (Å²) in [5.74, 6) is -0.635. The highest BCUT2D eigenvalue weighted by molar-refractivity contribution is 6.02. The number of hydrogen-bond acceptors (Lipinski definition) is 3. The third-order valence-electron chi connectivity index (χ3n) is 3.14. The summed E-state index contributed by atoms with van der Waals surface area (Å²) in [5, 5.41) is 0. The predicted molar refractivity (Wildman–Crippen MR) is 75.5 cm³/mol. The fourth-order valence-electron chi connectivity index (χ4n) is 1.66. The summed E-state index contributed by atoms with van der Waals surface area (Å²) in [4.78, 5) is 23.6. The largest absolute Gasteiger partial charge is 0.465 e. The maximum Gasteiger partial charge on any atom is 0.319 e. The van der Waals surface area contributed by atoms with Gasteiger partial charge in [-0.15, -0.1) is 0 Å². The Bertz CT molecular complexity index is 462. The average Bonchev–Trinajstić information content (AvgIpc) is 2.39. The molecule has 1 aromatic carbocycles. The van der Waals surface area contributed by atoms with E-state index in [9.17, 15) is 9.59 Å². The molecule has 0 heterocycles. The molecule has 0 fully saturated rings. The number of carbonyl (C=O) groups is 2. The van der Waals surface area contributed by atoms with Crippen LogP contribution in [-0.4, -0.2) is 18.4 Å². The minimum absolute atomic E-state index is 0.177. The van der Waals surface area contributed by atoms with E-state index in [2.05, 4.69) is 0 Å². The fraction of sp³-hybridized carbons (Fsp3) is 0.375. The van der Waals surface area contributed by atoms with Crippen LogP contribution in [0.1, 0.15) is 32.8 Å². The zero-order chi connectivity index (χ0) is 14.3. The second kappa shape index (κ2) is 6.88. The van der Waals surface area contributed by atoms with Crippen molar-refractivity contribution in [2.75, 3.05) is 6.61 Å². The average molecular weight is 260 g/mol. The second-order valence-electron chi connectivity index (χ2n) is 4.63. The zero-order valence-corrected chi connectivity index (χ0v) is 11.7. The summed E-state index contributed by atoms with van der Waals surface area (Å²) < 4.78 is 4.98. The van der Waals surface area contributed by atoms with Crippen molar-refractivity contribution in [1.82, 2.24) is 0 Å². The molecule has 19 heavy (non-hydrogen) atoms. The van der Waals surface area contributed by atoms with E-state index in [0.29, 0.717) is 6.42 Å². The van der Waals surface area contributed by atoms with E-state index in [1.807, 2.05) is 42.5 Å². The molecule has 1 atom stereocenters. The van der Waals surface area contributed by atoms with Crippen molar-refractivity contribution < 1.29 is 14.3 Å². The third-order valence-corrected chi connectivity index (χ3v) is 3.14. The number of Topliss-reactive ketones (excluding diaryl/α,β-unsaturated/α-hetero) is 1. The lowest BCUT2D eigenvalue weighted by Gasteiger charge is -2.22. The lowest BCUT2D eigenvalue weighted by atomic mass is 9.82. The van der Waals surface area contributed by atoms with Crippen LogP contribution in [0.5, 0.6) is 0 Å². The summed E-state index contributed by atoms with van der Waals surface area (Å²) in [6, 6.07) is 9.75. The molecule has 0 N–H and O–H groups in total. The molecule has 0 amide bonds. The number of allylic oxidation sites excluding steroid dienone is 1. The van der Waals surface area contributed by atoms with Gasteiger partial charge in [-0.1, -0.05) is 42.5 Å². The van der Waals surface area contributed by atoms with Crippen LogP contribution in [0, 0.1) is 5.41 Å². The summed E-state index contributed by atoms with van der Waals surface area (Å²) in [6.45, 7) is 5.07. The van der Waals surface area contributed by atoms with Gasteiger partial charge in [-0.05, 0) is 32.8 Å². The van der Waals surface area contributed by atoms with Crippen molar-refractivity contribution >= 4 is 17.8 Å². The van der Waals surface area contributed by atoms with Crippen LogP contribution < -0.4 is 0 Å². The van der Waals surface area contributed by atoms with Gasteiger partial charge in [0.15, 0.2) is 0 Å². The third kappa shape index (κ3) is 4.05. The number of esters is 1. The number of benzene rings is 1. The van der Waals surface area contributed by atoms with Crippen LogP contribution in [0.2, 0.25) is 0 Å². The smallest absolute Gasteiger partial charge is 0.319 e. The van der Waals surface area contributed by atoms with E-state index in [0.717, 1.165) is 5.56 Å². The number of carbonyl (C=O) groups excluding carboxylic acids is 2. The Morgan fingerprint density at radius 1 is 1.26 bits per heavy atom. The van der Waals surface area contributed by atoms with Gasteiger partial charge >= 0.3 is 5.97 Å². The molecular formula is C16H20O3. The Kier molecular flexibility index (Phi) is 5.49.